The Hall–Kier alpha value is -0.120. The van der Waals surface area contributed by atoms with E-state index in [1.165, 1.54) is 25.7 Å². The van der Waals surface area contributed by atoms with E-state index in [9.17, 15) is 5.11 Å². The smallest absolute Gasteiger partial charge is 0.0593 e. The molecule has 2 fully saturated rings. The lowest BCUT2D eigenvalue weighted by molar-refractivity contribution is 0.0711. The van der Waals surface area contributed by atoms with Crippen molar-refractivity contribution in [3.8, 4) is 0 Å². The molecule has 2 atom stereocenters. The quantitative estimate of drug-likeness (QED) is 0.728. The molecule has 3 heteroatoms. The molecule has 1 saturated carbocycles. The first-order valence-electron chi connectivity index (χ1n) is 6.84. The molecule has 0 aromatic heterocycles. The zero-order valence-corrected chi connectivity index (χ0v) is 10.2. The standard InChI is InChI=1S/C13H25NO2/c15-13-6-3-1-2-5-12(13)11-14-7-4-9-16-10-8-14/h12-13,15H,1-11H2. The van der Waals surface area contributed by atoms with Crippen molar-refractivity contribution < 1.29 is 9.84 Å². The molecule has 0 aromatic rings. The summed E-state index contributed by atoms with van der Waals surface area (Å²) in [6, 6.07) is 0. The molecule has 1 saturated heterocycles. The van der Waals surface area contributed by atoms with Gasteiger partial charge >= 0.3 is 0 Å². The van der Waals surface area contributed by atoms with Crippen LogP contribution in [0.15, 0.2) is 0 Å². The summed E-state index contributed by atoms with van der Waals surface area (Å²) < 4.78 is 5.46. The molecule has 0 spiro atoms. The van der Waals surface area contributed by atoms with Crippen LogP contribution in [0.5, 0.6) is 0 Å². The third-order valence-electron chi connectivity index (χ3n) is 3.93. The first-order chi connectivity index (χ1) is 7.86. The largest absolute Gasteiger partial charge is 0.393 e. The lowest BCUT2D eigenvalue weighted by Crippen LogP contribution is -2.36. The first kappa shape index (κ1) is 12.3. The highest BCUT2D eigenvalue weighted by Gasteiger charge is 2.24. The maximum atomic E-state index is 10.1. The van der Waals surface area contributed by atoms with Gasteiger partial charge in [0.2, 0.25) is 0 Å². The predicted octanol–water partition coefficient (Wildman–Crippen LogP) is 1.65. The van der Waals surface area contributed by atoms with Crippen molar-refractivity contribution in [2.24, 2.45) is 5.92 Å². The molecule has 1 N–H and O–H groups in total. The third-order valence-corrected chi connectivity index (χ3v) is 3.93. The number of aliphatic hydroxyl groups excluding tert-OH is 1. The fourth-order valence-corrected chi connectivity index (χ4v) is 2.89. The summed E-state index contributed by atoms with van der Waals surface area (Å²) in [6.45, 7) is 5.03. The van der Waals surface area contributed by atoms with E-state index in [1.54, 1.807) is 0 Å². The zero-order valence-electron chi connectivity index (χ0n) is 10.2. The minimum atomic E-state index is -0.0633. The highest BCUT2D eigenvalue weighted by molar-refractivity contribution is 4.77. The molecule has 16 heavy (non-hydrogen) atoms. The van der Waals surface area contributed by atoms with E-state index in [0.29, 0.717) is 5.92 Å². The van der Waals surface area contributed by atoms with Crippen LogP contribution in [0.2, 0.25) is 0 Å². The Morgan fingerprint density at radius 1 is 1.00 bits per heavy atom. The molecule has 94 valence electrons. The van der Waals surface area contributed by atoms with E-state index in [4.69, 9.17) is 4.74 Å². The monoisotopic (exact) mass is 227 g/mol. The number of hydrogen-bond donors (Lipinski definition) is 1. The lowest BCUT2D eigenvalue weighted by atomic mass is 9.96. The average molecular weight is 227 g/mol. The van der Waals surface area contributed by atoms with Crippen LogP contribution in [0.3, 0.4) is 0 Å². The minimum Gasteiger partial charge on any atom is -0.393 e. The van der Waals surface area contributed by atoms with E-state index >= 15 is 0 Å². The predicted molar refractivity (Wildman–Crippen MR) is 64.5 cm³/mol. The first-order valence-corrected chi connectivity index (χ1v) is 6.84. The molecule has 2 rings (SSSR count). The van der Waals surface area contributed by atoms with Gasteiger partial charge in [0.15, 0.2) is 0 Å². The van der Waals surface area contributed by atoms with Crippen LogP contribution < -0.4 is 0 Å². The third kappa shape index (κ3) is 3.72. The molecule has 1 heterocycles. The molecule has 0 aromatic carbocycles. The van der Waals surface area contributed by atoms with Gasteiger partial charge in [-0.05, 0) is 25.2 Å². The number of aliphatic hydroxyl groups is 1. The van der Waals surface area contributed by atoms with Gasteiger partial charge < -0.3 is 14.7 Å². The maximum Gasteiger partial charge on any atom is 0.0593 e. The van der Waals surface area contributed by atoms with Crippen LogP contribution in [0.25, 0.3) is 0 Å². The van der Waals surface area contributed by atoms with Gasteiger partial charge in [-0.15, -0.1) is 0 Å². The highest BCUT2D eigenvalue weighted by atomic mass is 16.5. The molecule has 1 aliphatic heterocycles. The molecule has 0 amide bonds. The van der Waals surface area contributed by atoms with Gasteiger partial charge in [-0.2, -0.15) is 0 Å². The van der Waals surface area contributed by atoms with Crippen molar-refractivity contribution >= 4 is 0 Å². The molecular formula is C13H25NO2. The van der Waals surface area contributed by atoms with Gasteiger partial charge in [0.05, 0.1) is 12.7 Å². The second-order valence-electron chi connectivity index (χ2n) is 5.23. The average Bonchev–Trinajstić information content (AvgIpc) is 2.64. The molecule has 1 aliphatic carbocycles. The number of rotatable bonds is 2. The summed E-state index contributed by atoms with van der Waals surface area (Å²) in [5, 5.41) is 10.1. The molecule has 2 unspecified atom stereocenters. The van der Waals surface area contributed by atoms with Crippen LogP contribution in [0, 0.1) is 5.92 Å². The molecule has 0 radical (unpaired) electrons. The van der Waals surface area contributed by atoms with Crippen molar-refractivity contribution in [1.82, 2.24) is 4.90 Å². The Morgan fingerprint density at radius 3 is 2.81 bits per heavy atom. The SMILES string of the molecule is OC1CCCCCC1CN1CCCOCC1. The van der Waals surface area contributed by atoms with Gasteiger partial charge in [0.1, 0.15) is 0 Å². The van der Waals surface area contributed by atoms with Gasteiger partial charge in [-0.3, -0.25) is 0 Å². The normalized spacial score (nSPS) is 34.3. The molecule has 3 nitrogen and oxygen atoms in total. The second kappa shape index (κ2) is 6.58. The van der Waals surface area contributed by atoms with Gasteiger partial charge in [0.25, 0.3) is 0 Å². The molecule has 0 bridgehead atoms. The van der Waals surface area contributed by atoms with E-state index in [0.717, 1.165) is 45.7 Å². The van der Waals surface area contributed by atoms with E-state index in [2.05, 4.69) is 4.90 Å². The summed E-state index contributed by atoms with van der Waals surface area (Å²) in [4.78, 5) is 2.48. The summed E-state index contributed by atoms with van der Waals surface area (Å²) in [7, 11) is 0. The van der Waals surface area contributed by atoms with E-state index < -0.39 is 0 Å². The van der Waals surface area contributed by atoms with Crippen molar-refractivity contribution in [3.63, 3.8) is 0 Å². The summed E-state index contributed by atoms with van der Waals surface area (Å²) in [5.41, 5.74) is 0. The van der Waals surface area contributed by atoms with Gasteiger partial charge in [-0.25, -0.2) is 0 Å². The van der Waals surface area contributed by atoms with Crippen molar-refractivity contribution in [1.29, 1.82) is 0 Å². The zero-order chi connectivity index (χ0) is 11.2. The Bertz CT molecular complexity index is 190. The number of nitrogens with zero attached hydrogens (tertiary/aromatic N) is 1. The van der Waals surface area contributed by atoms with Crippen molar-refractivity contribution in [3.05, 3.63) is 0 Å². The van der Waals surface area contributed by atoms with Crippen LogP contribution in [0.4, 0.5) is 0 Å². The number of hydrogen-bond acceptors (Lipinski definition) is 3. The highest BCUT2D eigenvalue weighted by Crippen LogP contribution is 2.24. The van der Waals surface area contributed by atoms with Crippen LogP contribution in [-0.2, 0) is 4.74 Å². The van der Waals surface area contributed by atoms with Gasteiger partial charge in [-0.1, -0.05) is 19.3 Å². The fourth-order valence-electron chi connectivity index (χ4n) is 2.89. The fraction of sp³-hybridized carbons (Fsp3) is 1.00. The number of ether oxygens (including phenoxy) is 1. The van der Waals surface area contributed by atoms with Crippen molar-refractivity contribution in [2.75, 3.05) is 32.8 Å². The Balaban J connectivity index is 1.81. The Kier molecular flexibility index (Phi) is 5.07. The topological polar surface area (TPSA) is 32.7 Å². The van der Waals surface area contributed by atoms with Gasteiger partial charge in [0, 0.05) is 26.2 Å². The molecule has 2 aliphatic rings. The van der Waals surface area contributed by atoms with Crippen LogP contribution in [-0.4, -0.2) is 49.0 Å². The Labute approximate surface area is 98.8 Å². The van der Waals surface area contributed by atoms with Crippen LogP contribution >= 0.6 is 0 Å². The summed E-state index contributed by atoms with van der Waals surface area (Å²) >= 11 is 0. The molecular weight excluding hydrogens is 202 g/mol. The van der Waals surface area contributed by atoms with E-state index in [-0.39, 0.29) is 6.10 Å². The lowest BCUT2D eigenvalue weighted by Gasteiger charge is -2.27. The van der Waals surface area contributed by atoms with E-state index in [1.807, 2.05) is 0 Å². The summed E-state index contributed by atoms with van der Waals surface area (Å²) in [6.07, 6.45) is 7.10. The summed E-state index contributed by atoms with van der Waals surface area (Å²) in [5.74, 6) is 0.501. The second-order valence-corrected chi connectivity index (χ2v) is 5.23. The van der Waals surface area contributed by atoms with Crippen LogP contribution in [0.1, 0.15) is 38.5 Å². The Morgan fingerprint density at radius 2 is 1.88 bits per heavy atom. The maximum absolute atomic E-state index is 10.1. The minimum absolute atomic E-state index is 0.0633. The van der Waals surface area contributed by atoms with Crippen molar-refractivity contribution in [2.45, 2.75) is 44.6 Å².